The third kappa shape index (κ3) is 3.48. The number of benzene rings is 2. The Labute approximate surface area is 124 Å². The lowest BCUT2D eigenvalue weighted by molar-refractivity contribution is -0.387. The first-order valence-corrected chi connectivity index (χ1v) is 6.34. The van der Waals surface area contributed by atoms with Gasteiger partial charge in [0.2, 0.25) is 5.82 Å². The fourth-order valence-electron chi connectivity index (χ4n) is 1.73. The third-order valence-electron chi connectivity index (χ3n) is 2.82. The van der Waals surface area contributed by atoms with Crippen LogP contribution < -0.4 is 4.74 Å². The van der Waals surface area contributed by atoms with Crippen LogP contribution in [0.4, 0.5) is 10.1 Å². The maximum atomic E-state index is 13.9. The summed E-state index contributed by atoms with van der Waals surface area (Å²) in [4.78, 5) is 9.86. The van der Waals surface area contributed by atoms with Crippen molar-refractivity contribution in [1.82, 2.24) is 0 Å². The second-order valence-electron chi connectivity index (χ2n) is 4.22. The van der Waals surface area contributed by atoms with Gasteiger partial charge in [-0.15, -0.1) is 0 Å². The summed E-state index contributed by atoms with van der Waals surface area (Å²) in [6, 6.07) is 8.56. The van der Waals surface area contributed by atoms with E-state index in [-0.39, 0.29) is 23.8 Å². The van der Waals surface area contributed by atoms with Crippen LogP contribution in [0.3, 0.4) is 0 Å². The zero-order valence-electron chi connectivity index (χ0n) is 10.8. The molecule has 1 N–H and O–H groups in total. The molecule has 0 aliphatic carbocycles. The molecule has 2 aromatic rings. The van der Waals surface area contributed by atoms with Crippen molar-refractivity contribution < 1.29 is 19.2 Å². The van der Waals surface area contributed by atoms with Gasteiger partial charge in [-0.1, -0.05) is 29.8 Å². The van der Waals surface area contributed by atoms with Gasteiger partial charge in [-0.05, 0) is 17.7 Å². The van der Waals surface area contributed by atoms with Crippen LogP contribution in [0.5, 0.6) is 5.75 Å². The standard InChI is InChI=1S/C14H11ClFNO4/c15-11-6-9(7-18)4-5-13(11)21-8-10-2-1-3-12(14(10)16)17(19)20/h1-6,18H,7-8H2. The first-order chi connectivity index (χ1) is 10.0. The highest BCUT2D eigenvalue weighted by Gasteiger charge is 2.17. The minimum absolute atomic E-state index is 0.0616. The Morgan fingerprint density at radius 1 is 1.33 bits per heavy atom. The average Bonchev–Trinajstić information content (AvgIpc) is 2.46. The normalized spacial score (nSPS) is 10.4. The predicted molar refractivity (Wildman–Crippen MR) is 74.8 cm³/mol. The number of aliphatic hydroxyl groups is 1. The molecule has 0 unspecified atom stereocenters. The zero-order valence-corrected chi connectivity index (χ0v) is 11.5. The Hall–Kier alpha value is -2.18. The summed E-state index contributed by atoms with van der Waals surface area (Å²) in [5.41, 5.74) is 0.0817. The number of aliphatic hydroxyl groups excluding tert-OH is 1. The number of hydrogen-bond acceptors (Lipinski definition) is 4. The molecule has 0 heterocycles. The van der Waals surface area contributed by atoms with Crippen LogP contribution in [0, 0.1) is 15.9 Å². The molecule has 21 heavy (non-hydrogen) atoms. The second kappa shape index (κ2) is 6.51. The minimum Gasteiger partial charge on any atom is -0.487 e. The number of nitro groups is 1. The van der Waals surface area contributed by atoms with E-state index < -0.39 is 16.4 Å². The number of nitrogens with zero attached hydrogens (tertiary/aromatic N) is 1. The Balaban J connectivity index is 2.17. The van der Waals surface area contributed by atoms with Crippen molar-refractivity contribution in [1.29, 1.82) is 0 Å². The van der Waals surface area contributed by atoms with E-state index >= 15 is 0 Å². The van der Waals surface area contributed by atoms with E-state index in [9.17, 15) is 14.5 Å². The summed E-state index contributed by atoms with van der Waals surface area (Å²) in [5, 5.41) is 19.9. The average molecular weight is 312 g/mol. The van der Waals surface area contributed by atoms with Crippen molar-refractivity contribution >= 4 is 17.3 Å². The quantitative estimate of drug-likeness (QED) is 0.678. The van der Waals surface area contributed by atoms with Crippen LogP contribution in [-0.4, -0.2) is 10.0 Å². The van der Waals surface area contributed by atoms with Gasteiger partial charge in [-0.3, -0.25) is 10.1 Å². The molecule has 2 rings (SSSR count). The van der Waals surface area contributed by atoms with Crippen molar-refractivity contribution in [3.63, 3.8) is 0 Å². The highest BCUT2D eigenvalue weighted by Crippen LogP contribution is 2.27. The molecule has 0 aliphatic rings. The molecule has 7 heteroatoms. The summed E-state index contributed by atoms with van der Waals surface area (Å²) in [6.45, 7) is -0.342. The van der Waals surface area contributed by atoms with E-state index in [1.165, 1.54) is 18.2 Å². The van der Waals surface area contributed by atoms with Crippen LogP contribution in [-0.2, 0) is 13.2 Å². The fraction of sp³-hybridized carbons (Fsp3) is 0.143. The highest BCUT2D eigenvalue weighted by molar-refractivity contribution is 6.32. The molecule has 0 fully saturated rings. The molecular weight excluding hydrogens is 301 g/mol. The molecule has 0 radical (unpaired) electrons. The van der Waals surface area contributed by atoms with Crippen molar-refractivity contribution in [2.75, 3.05) is 0 Å². The molecule has 0 spiro atoms. The van der Waals surface area contributed by atoms with Crippen molar-refractivity contribution in [3.05, 3.63) is 68.5 Å². The molecule has 0 atom stereocenters. The molecule has 0 saturated heterocycles. The van der Waals surface area contributed by atoms with E-state index in [0.29, 0.717) is 11.3 Å². The van der Waals surface area contributed by atoms with Crippen LogP contribution in [0.1, 0.15) is 11.1 Å². The van der Waals surface area contributed by atoms with E-state index in [1.807, 2.05) is 0 Å². The molecule has 0 bridgehead atoms. The maximum absolute atomic E-state index is 13.9. The van der Waals surface area contributed by atoms with Gasteiger partial charge in [0.1, 0.15) is 12.4 Å². The van der Waals surface area contributed by atoms with Crippen LogP contribution in [0.15, 0.2) is 36.4 Å². The Kier molecular flexibility index (Phi) is 4.72. The maximum Gasteiger partial charge on any atom is 0.305 e. The van der Waals surface area contributed by atoms with Gasteiger partial charge in [-0.25, -0.2) is 0 Å². The molecule has 110 valence electrons. The van der Waals surface area contributed by atoms with E-state index in [4.69, 9.17) is 21.4 Å². The summed E-state index contributed by atoms with van der Waals surface area (Å²) in [5.74, 6) is -0.620. The lowest BCUT2D eigenvalue weighted by Crippen LogP contribution is -2.02. The Morgan fingerprint density at radius 3 is 2.71 bits per heavy atom. The molecule has 0 amide bonds. The van der Waals surface area contributed by atoms with Gasteiger partial charge in [0, 0.05) is 11.6 Å². The summed E-state index contributed by atoms with van der Waals surface area (Å²) >= 11 is 5.96. The van der Waals surface area contributed by atoms with Gasteiger partial charge < -0.3 is 9.84 Å². The summed E-state index contributed by atoms with van der Waals surface area (Å²) < 4.78 is 19.2. The minimum atomic E-state index is -0.925. The van der Waals surface area contributed by atoms with Crippen molar-refractivity contribution in [3.8, 4) is 5.75 Å². The number of nitro benzene ring substituents is 1. The third-order valence-corrected chi connectivity index (χ3v) is 3.11. The predicted octanol–water partition coefficient (Wildman–Crippen LogP) is 3.46. The lowest BCUT2D eigenvalue weighted by Gasteiger charge is -2.09. The van der Waals surface area contributed by atoms with E-state index in [2.05, 4.69) is 0 Å². The summed E-state index contributed by atoms with van der Waals surface area (Å²) in [7, 11) is 0. The molecular formula is C14H11ClFNO4. The number of rotatable bonds is 5. The smallest absolute Gasteiger partial charge is 0.305 e. The number of halogens is 2. The Bertz CT molecular complexity index is 678. The van der Waals surface area contributed by atoms with Gasteiger partial charge in [-0.2, -0.15) is 4.39 Å². The largest absolute Gasteiger partial charge is 0.487 e. The number of hydrogen-bond donors (Lipinski definition) is 1. The van der Waals surface area contributed by atoms with E-state index in [0.717, 1.165) is 6.07 Å². The fourth-order valence-corrected chi connectivity index (χ4v) is 1.99. The lowest BCUT2D eigenvalue weighted by atomic mass is 10.2. The molecule has 0 aromatic heterocycles. The first-order valence-electron chi connectivity index (χ1n) is 5.96. The molecule has 0 aliphatic heterocycles. The van der Waals surface area contributed by atoms with E-state index in [1.54, 1.807) is 12.1 Å². The molecule has 5 nitrogen and oxygen atoms in total. The van der Waals surface area contributed by atoms with Crippen LogP contribution >= 0.6 is 11.6 Å². The van der Waals surface area contributed by atoms with Gasteiger partial charge >= 0.3 is 5.69 Å². The van der Waals surface area contributed by atoms with Gasteiger partial charge in [0.25, 0.3) is 0 Å². The molecule has 2 aromatic carbocycles. The van der Waals surface area contributed by atoms with Gasteiger partial charge in [0.05, 0.1) is 16.6 Å². The second-order valence-corrected chi connectivity index (χ2v) is 4.63. The summed E-state index contributed by atoms with van der Waals surface area (Å²) in [6.07, 6.45) is 0. The topological polar surface area (TPSA) is 72.6 Å². The highest BCUT2D eigenvalue weighted by atomic mass is 35.5. The first kappa shape index (κ1) is 15.2. The number of ether oxygens (including phenoxy) is 1. The van der Waals surface area contributed by atoms with Crippen molar-refractivity contribution in [2.45, 2.75) is 13.2 Å². The van der Waals surface area contributed by atoms with Crippen LogP contribution in [0.2, 0.25) is 5.02 Å². The van der Waals surface area contributed by atoms with Gasteiger partial charge in [0.15, 0.2) is 0 Å². The van der Waals surface area contributed by atoms with Crippen LogP contribution in [0.25, 0.3) is 0 Å². The monoisotopic (exact) mass is 311 g/mol. The SMILES string of the molecule is O=[N+]([O-])c1cccc(COc2ccc(CO)cc2Cl)c1F. The Morgan fingerprint density at radius 2 is 2.10 bits per heavy atom. The zero-order chi connectivity index (χ0) is 15.4. The van der Waals surface area contributed by atoms with Crippen molar-refractivity contribution in [2.24, 2.45) is 0 Å². The molecule has 0 saturated carbocycles.